The van der Waals surface area contributed by atoms with E-state index in [-0.39, 0.29) is 11.7 Å². The molecular formula is C14H16N4O2S. The average molecular weight is 304 g/mol. The lowest BCUT2D eigenvalue weighted by Crippen LogP contribution is -2.29. The van der Waals surface area contributed by atoms with Crippen LogP contribution >= 0.6 is 11.3 Å². The van der Waals surface area contributed by atoms with E-state index < -0.39 is 0 Å². The highest BCUT2D eigenvalue weighted by Crippen LogP contribution is 2.10. The zero-order valence-corrected chi connectivity index (χ0v) is 12.4. The summed E-state index contributed by atoms with van der Waals surface area (Å²) in [4.78, 5) is 19.1. The standard InChI is InChI=1S/C14H16N4O2S/c1-18(7-6-11-3-2-8-21-11)14(19)12-5-4-10(9-16-12)13(15)17-20/h2-5,8-9,20H,6-7H2,1H3,(H2,15,17). The maximum absolute atomic E-state index is 12.2. The molecule has 2 rings (SSSR count). The van der Waals surface area contributed by atoms with Gasteiger partial charge in [0.25, 0.3) is 5.91 Å². The third-order valence-electron chi connectivity index (χ3n) is 3.01. The monoisotopic (exact) mass is 304 g/mol. The van der Waals surface area contributed by atoms with E-state index in [0.29, 0.717) is 17.8 Å². The fourth-order valence-electron chi connectivity index (χ4n) is 1.76. The Morgan fingerprint density at radius 3 is 2.86 bits per heavy atom. The maximum Gasteiger partial charge on any atom is 0.272 e. The number of oxime groups is 1. The molecule has 0 unspecified atom stereocenters. The second kappa shape index (κ2) is 6.85. The van der Waals surface area contributed by atoms with Crippen LogP contribution in [0.4, 0.5) is 0 Å². The summed E-state index contributed by atoms with van der Waals surface area (Å²) in [7, 11) is 1.75. The summed E-state index contributed by atoms with van der Waals surface area (Å²) in [5.74, 6) is -0.190. The predicted octanol–water partition coefficient (Wildman–Crippen LogP) is 1.55. The predicted molar refractivity (Wildman–Crippen MR) is 81.7 cm³/mol. The van der Waals surface area contributed by atoms with Crippen molar-refractivity contribution in [1.29, 1.82) is 0 Å². The first kappa shape index (κ1) is 15.0. The van der Waals surface area contributed by atoms with Gasteiger partial charge in [-0.05, 0) is 30.0 Å². The van der Waals surface area contributed by atoms with Gasteiger partial charge in [0.1, 0.15) is 5.69 Å². The third-order valence-corrected chi connectivity index (χ3v) is 3.94. The van der Waals surface area contributed by atoms with Crippen LogP contribution in [0.3, 0.4) is 0 Å². The largest absolute Gasteiger partial charge is 0.409 e. The van der Waals surface area contributed by atoms with Crippen LogP contribution in [0.5, 0.6) is 0 Å². The van der Waals surface area contributed by atoms with Gasteiger partial charge < -0.3 is 15.8 Å². The number of nitrogens with zero attached hydrogens (tertiary/aromatic N) is 3. The SMILES string of the molecule is CN(CCc1cccs1)C(=O)c1ccc(C(N)=NO)cn1. The summed E-state index contributed by atoms with van der Waals surface area (Å²) in [5.41, 5.74) is 6.25. The van der Waals surface area contributed by atoms with Crippen LogP contribution in [0.2, 0.25) is 0 Å². The van der Waals surface area contributed by atoms with E-state index in [4.69, 9.17) is 10.9 Å². The highest BCUT2D eigenvalue weighted by atomic mass is 32.1. The molecule has 0 radical (unpaired) electrons. The highest BCUT2D eigenvalue weighted by Gasteiger charge is 2.13. The van der Waals surface area contributed by atoms with Crippen molar-refractivity contribution in [3.63, 3.8) is 0 Å². The number of thiophene rings is 1. The minimum atomic E-state index is -0.155. The Morgan fingerprint density at radius 2 is 2.29 bits per heavy atom. The van der Waals surface area contributed by atoms with Crippen molar-refractivity contribution in [3.8, 4) is 0 Å². The van der Waals surface area contributed by atoms with Gasteiger partial charge in [0.05, 0.1) is 0 Å². The first-order valence-electron chi connectivity index (χ1n) is 6.33. The van der Waals surface area contributed by atoms with Crippen LogP contribution in [0.25, 0.3) is 0 Å². The lowest BCUT2D eigenvalue weighted by Gasteiger charge is -2.16. The minimum Gasteiger partial charge on any atom is -0.409 e. The molecule has 21 heavy (non-hydrogen) atoms. The Labute approximate surface area is 126 Å². The molecule has 0 bridgehead atoms. The molecule has 6 nitrogen and oxygen atoms in total. The zero-order chi connectivity index (χ0) is 15.2. The van der Waals surface area contributed by atoms with Gasteiger partial charge >= 0.3 is 0 Å². The van der Waals surface area contributed by atoms with Gasteiger partial charge in [-0.3, -0.25) is 9.78 Å². The topological polar surface area (TPSA) is 91.8 Å². The number of rotatable bonds is 5. The average Bonchev–Trinajstić information content (AvgIpc) is 3.04. The van der Waals surface area contributed by atoms with Crippen LogP contribution in [-0.4, -0.2) is 40.4 Å². The van der Waals surface area contributed by atoms with Crippen molar-refractivity contribution < 1.29 is 10.0 Å². The van der Waals surface area contributed by atoms with E-state index in [0.717, 1.165) is 6.42 Å². The third kappa shape index (κ3) is 3.79. The number of amides is 1. The molecule has 0 aliphatic carbocycles. The van der Waals surface area contributed by atoms with Crippen LogP contribution in [-0.2, 0) is 6.42 Å². The van der Waals surface area contributed by atoms with E-state index in [2.05, 4.69) is 10.1 Å². The number of likely N-dealkylation sites (N-methyl/N-ethyl adjacent to an activating group) is 1. The van der Waals surface area contributed by atoms with Gasteiger partial charge in [0, 0.05) is 30.2 Å². The molecule has 0 aliphatic heterocycles. The number of aromatic nitrogens is 1. The lowest BCUT2D eigenvalue weighted by molar-refractivity contribution is 0.0791. The number of carbonyl (C=O) groups is 1. The summed E-state index contributed by atoms with van der Waals surface area (Å²) >= 11 is 1.68. The van der Waals surface area contributed by atoms with Gasteiger partial charge in [0.2, 0.25) is 0 Å². The van der Waals surface area contributed by atoms with E-state index in [1.54, 1.807) is 35.4 Å². The molecule has 0 fully saturated rings. The van der Waals surface area contributed by atoms with Crippen molar-refractivity contribution in [1.82, 2.24) is 9.88 Å². The summed E-state index contributed by atoms with van der Waals surface area (Å²) in [6.45, 7) is 0.628. The quantitative estimate of drug-likeness (QED) is 0.379. The van der Waals surface area contributed by atoms with Gasteiger partial charge in [-0.25, -0.2) is 0 Å². The van der Waals surface area contributed by atoms with Gasteiger partial charge in [-0.2, -0.15) is 0 Å². The maximum atomic E-state index is 12.2. The fourth-order valence-corrected chi connectivity index (χ4v) is 2.46. The zero-order valence-electron chi connectivity index (χ0n) is 11.6. The number of carbonyl (C=O) groups excluding carboxylic acids is 1. The van der Waals surface area contributed by atoms with Crippen molar-refractivity contribution in [2.75, 3.05) is 13.6 Å². The van der Waals surface area contributed by atoms with E-state index in [1.165, 1.54) is 11.1 Å². The molecule has 1 amide bonds. The number of amidine groups is 1. The van der Waals surface area contributed by atoms with Crippen molar-refractivity contribution in [3.05, 3.63) is 52.0 Å². The van der Waals surface area contributed by atoms with Gasteiger partial charge in [0.15, 0.2) is 5.84 Å². The molecule has 2 aromatic rings. The number of nitrogens with two attached hydrogens (primary N) is 1. The second-order valence-corrected chi connectivity index (χ2v) is 5.51. The van der Waals surface area contributed by atoms with Gasteiger partial charge in [-0.1, -0.05) is 11.2 Å². The number of hydrogen-bond donors (Lipinski definition) is 2. The molecule has 2 aromatic heterocycles. The first-order valence-corrected chi connectivity index (χ1v) is 7.21. The Bertz CT molecular complexity index is 623. The molecule has 2 heterocycles. The summed E-state index contributed by atoms with van der Waals surface area (Å²) in [6, 6.07) is 7.21. The normalized spacial score (nSPS) is 11.4. The molecule has 110 valence electrons. The number of pyridine rings is 1. The van der Waals surface area contributed by atoms with Crippen LogP contribution in [0.1, 0.15) is 20.9 Å². The Balaban J connectivity index is 1.98. The van der Waals surface area contributed by atoms with Gasteiger partial charge in [-0.15, -0.1) is 11.3 Å². The lowest BCUT2D eigenvalue weighted by atomic mass is 10.2. The molecule has 0 saturated heterocycles. The molecule has 0 saturated carbocycles. The summed E-state index contributed by atoms with van der Waals surface area (Å²) < 4.78 is 0. The molecular weight excluding hydrogens is 288 g/mol. The van der Waals surface area contributed by atoms with E-state index in [1.807, 2.05) is 17.5 Å². The molecule has 3 N–H and O–H groups in total. The highest BCUT2D eigenvalue weighted by molar-refractivity contribution is 7.09. The molecule has 0 aliphatic rings. The first-order chi connectivity index (χ1) is 10.1. The second-order valence-electron chi connectivity index (χ2n) is 4.47. The Kier molecular flexibility index (Phi) is 4.89. The van der Waals surface area contributed by atoms with Crippen LogP contribution in [0.15, 0.2) is 41.0 Å². The summed E-state index contributed by atoms with van der Waals surface area (Å²) in [5, 5.41) is 13.5. The molecule has 0 atom stereocenters. The van der Waals surface area contributed by atoms with Crippen molar-refractivity contribution >= 4 is 23.1 Å². The fraction of sp³-hybridized carbons (Fsp3) is 0.214. The van der Waals surface area contributed by atoms with Crippen molar-refractivity contribution in [2.45, 2.75) is 6.42 Å². The molecule has 0 aromatic carbocycles. The minimum absolute atomic E-state index is 0.0347. The van der Waals surface area contributed by atoms with E-state index in [9.17, 15) is 4.79 Å². The van der Waals surface area contributed by atoms with Crippen LogP contribution in [0, 0.1) is 0 Å². The van der Waals surface area contributed by atoms with Crippen molar-refractivity contribution in [2.24, 2.45) is 10.9 Å². The number of hydrogen-bond acceptors (Lipinski definition) is 5. The van der Waals surface area contributed by atoms with E-state index >= 15 is 0 Å². The Hall–Kier alpha value is -2.41. The molecule has 7 heteroatoms. The van der Waals surface area contributed by atoms with Crippen LogP contribution < -0.4 is 5.73 Å². The summed E-state index contributed by atoms with van der Waals surface area (Å²) in [6.07, 6.45) is 2.23. The smallest absolute Gasteiger partial charge is 0.272 e. The Morgan fingerprint density at radius 1 is 1.48 bits per heavy atom. The molecule has 0 spiro atoms.